The van der Waals surface area contributed by atoms with Crippen LogP contribution in [0.1, 0.15) is 0 Å². The highest BCUT2D eigenvalue weighted by molar-refractivity contribution is 5.93. The molecule has 1 heterocycles. The number of rotatable bonds is 6. The van der Waals surface area contributed by atoms with Crippen molar-refractivity contribution in [1.82, 2.24) is 10.3 Å². The molecular weight excluding hydrogens is 250 g/mol. The minimum absolute atomic E-state index is 0.165. The molecular formula is C12H15N3O4. The summed E-state index contributed by atoms with van der Waals surface area (Å²) in [6.45, 7) is 1.36. The molecule has 0 atom stereocenters. The summed E-state index contributed by atoms with van der Waals surface area (Å²) in [6.07, 6.45) is 0. The second-order valence-electron chi connectivity index (χ2n) is 3.94. The highest BCUT2D eigenvalue weighted by atomic mass is 16.5. The summed E-state index contributed by atoms with van der Waals surface area (Å²) in [7, 11) is 1.60. The van der Waals surface area contributed by atoms with Gasteiger partial charge in [-0.15, -0.1) is 0 Å². The quantitative estimate of drug-likeness (QED) is 0.653. The standard InChI is InChI=1S/C12H15N3O4/c1-18-5-4-13-7-11(16)14-8-2-3-10-9(6-8)15-12(17)19-10/h2-3,6,13H,4-5,7H2,1H3,(H,14,16)(H,15,17). The van der Waals surface area contributed by atoms with Gasteiger partial charge in [0.2, 0.25) is 5.91 Å². The maximum absolute atomic E-state index is 11.6. The Morgan fingerprint density at radius 1 is 1.47 bits per heavy atom. The van der Waals surface area contributed by atoms with Gasteiger partial charge in [-0.1, -0.05) is 0 Å². The molecule has 0 unspecified atom stereocenters. The van der Waals surface area contributed by atoms with Gasteiger partial charge in [-0.25, -0.2) is 4.79 Å². The number of amides is 1. The Morgan fingerprint density at radius 2 is 2.32 bits per heavy atom. The molecule has 0 aliphatic rings. The molecule has 19 heavy (non-hydrogen) atoms. The number of hydrogen-bond acceptors (Lipinski definition) is 5. The van der Waals surface area contributed by atoms with Gasteiger partial charge in [0.05, 0.1) is 18.7 Å². The van der Waals surface area contributed by atoms with Crippen LogP contribution in [-0.4, -0.2) is 37.7 Å². The number of carbonyl (C=O) groups is 1. The molecule has 0 aliphatic heterocycles. The number of aromatic nitrogens is 1. The molecule has 0 radical (unpaired) electrons. The summed E-state index contributed by atoms with van der Waals surface area (Å²) in [5, 5.41) is 5.65. The van der Waals surface area contributed by atoms with Crippen molar-refractivity contribution in [3.63, 3.8) is 0 Å². The maximum atomic E-state index is 11.6. The van der Waals surface area contributed by atoms with Gasteiger partial charge >= 0.3 is 5.76 Å². The van der Waals surface area contributed by atoms with Gasteiger partial charge in [-0.3, -0.25) is 9.78 Å². The van der Waals surface area contributed by atoms with E-state index in [4.69, 9.17) is 9.15 Å². The van der Waals surface area contributed by atoms with Crippen molar-refractivity contribution < 1.29 is 13.9 Å². The van der Waals surface area contributed by atoms with Crippen LogP contribution < -0.4 is 16.4 Å². The molecule has 0 fully saturated rings. The predicted octanol–water partition coefficient (Wildman–Crippen LogP) is 0.296. The fourth-order valence-electron chi connectivity index (χ4n) is 1.61. The van der Waals surface area contributed by atoms with E-state index < -0.39 is 5.76 Å². The van der Waals surface area contributed by atoms with E-state index in [0.717, 1.165) is 0 Å². The molecule has 1 amide bonds. The minimum Gasteiger partial charge on any atom is -0.408 e. The number of fused-ring (bicyclic) bond motifs is 1. The average Bonchev–Trinajstić information content (AvgIpc) is 2.74. The third-order valence-corrected chi connectivity index (χ3v) is 2.47. The number of carbonyl (C=O) groups excluding carboxylic acids is 1. The summed E-state index contributed by atoms with van der Waals surface area (Å²) in [6, 6.07) is 4.95. The number of anilines is 1. The number of hydrogen-bond donors (Lipinski definition) is 3. The lowest BCUT2D eigenvalue weighted by Crippen LogP contribution is -2.30. The fourth-order valence-corrected chi connectivity index (χ4v) is 1.61. The van der Waals surface area contributed by atoms with E-state index in [2.05, 4.69) is 15.6 Å². The monoisotopic (exact) mass is 265 g/mol. The van der Waals surface area contributed by atoms with Crippen molar-refractivity contribution >= 4 is 22.7 Å². The molecule has 1 aromatic carbocycles. The topological polar surface area (TPSA) is 96.4 Å². The van der Waals surface area contributed by atoms with Crippen LogP contribution in [0.5, 0.6) is 0 Å². The molecule has 0 spiro atoms. The summed E-state index contributed by atoms with van der Waals surface area (Å²) >= 11 is 0. The third kappa shape index (κ3) is 3.67. The van der Waals surface area contributed by atoms with Gasteiger partial charge in [0.1, 0.15) is 0 Å². The zero-order chi connectivity index (χ0) is 13.7. The van der Waals surface area contributed by atoms with E-state index in [9.17, 15) is 9.59 Å². The van der Waals surface area contributed by atoms with Crippen LogP contribution in [0, 0.1) is 0 Å². The van der Waals surface area contributed by atoms with Gasteiger partial charge in [0, 0.05) is 19.3 Å². The van der Waals surface area contributed by atoms with E-state index in [1.807, 2.05) is 0 Å². The van der Waals surface area contributed by atoms with Crippen LogP contribution in [0.2, 0.25) is 0 Å². The summed E-state index contributed by atoms with van der Waals surface area (Å²) in [5.74, 6) is -0.680. The first kappa shape index (κ1) is 13.3. The lowest BCUT2D eigenvalue weighted by molar-refractivity contribution is -0.115. The Kier molecular flexibility index (Phi) is 4.32. The Labute approximate surface area is 108 Å². The largest absolute Gasteiger partial charge is 0.417 e. The molecule has 7 nitrogen and oxygen atoms in total. The van der Waals surface area contributed by atoms with Gasteiger partial charge in [-0.2, -0.15) is 0 Å². The maximum Gasteiger partial charge on any atom is 0.417 e. The van der Waals surface area contributed by atoms with Crippen molar-refractivity contribution in [2.75, 3.05) is 32.1 Å². The third-order valence-electron chi connectivity index (χ3n) is 2.47. The zero-order valence-corrected chi connectivity index (χ0v) is 10.5. The molecule has 3 N–H and O–H groups in total. The molecule has 0 aliphatic carbocycles. The second kappa shape index (κ2) is 6.17. The van der Waals surface area contributed by atoms with Gasteiger partial charge < -0.3 is 19.8 Å². The number of aromatic amines is 1. The van der Waals surface area contributed by atoms with E-state index in [-0.39, 0.29) is 12.5 Å². The molecule has 2 rings (SSSR count). The van der Waals surface area contributed by atoms with Crippen molar-refractivity contribution in [2.45, 2.75) is 0 Å². The van der Waals surface area contributed by atoms with E-state index in [1.54, 1.807) is 25.3 Å². The molecule has 0 bridgehead atoms. The first-order chi connectivity index (χ1) is 9.19. The van der Waals surface area contributed by atoms with Gasteiger partial charge in [0.15, 0.2) is 5.58 Å². The zero-order valence-electron chi connectivity index (χ0n) is 10.5. The van der Waals surface area contributed by atoms with Gasteiger partial charge in [0.25, 0.3) is 0 Å². The first-order valence-corrected chi connectivity index (χ1v) is 5.81. The smallest absolute Gasteiger partial charge is 0.408 e. The lowest BCUT2D eigenvalue weighted by Gasteiger charge is -2.06. The van der Waals surface area contributed by atoms with Crippen LogP contribution in [0.25, 0.3) is 11.1 Å². The molecule has 0 saturated carbocycles. The Morgan fingerprint density at radius 3 is 3.11 bits per heavy atom. The number of methoxy groups -OCH3 is 1. The minimum atomic E-state index is -0.514. The number of oxazole rings is 1. The normalized spacial score (nSPS) is 10.8. The Balaban J connectivity index is 1.93. The summed E-state index contributed by atoms with van der Waals surface area (Å²) in [5.41, 5.74) is 1.61. The molecule has 7 heteroatoms. The van der Waals surface area contributed by atoms with Crippen LogP contribution in [-0.2, 0) is 9.53 Å². The second-order valence-corrected chi connectivity index (χ2v) is 3.94. The molecule has 0 saturated heterocycles. The summed E-state index contributed by atoms with van der Waals surface area (Å²) < 4.78 is 9.72. The fraction of sp³-hybridized carbons (Fsp3) is 0.333. The van der Waals surface area contributed by atoms with Crippen molar-refractivity contribution in [3.8, 4) is 0 Å². The van der Waals surface area contributed by atoms with Crippen molar-refractivity contribution in [2.24, 2.45) is 0 Å². The number of nitrogens with one attached hydrogen (secondary N) is 3. The highest BCUT2D eigenvalue weighted by Crippen LogP contribution is 2.15. The Hall–Kier alpha value is -2.12. The number of benzene rings is 1. The van der Waals surface area contributed by atoms with Crippen LogP contribution in [0.15, 0.2) is 27.4 Å². The highest BCUT2D eigenvalue weighted by Gasteiger charge is 2.05. The first-order valence-electron chi connectivity index (χ1n) is 5.81. The van der Waals surface area contributed by atoms with Crippen molar-refractivity contribution in [1.29, 1.82) is 0 Å². The van der Waals surface area contributed by atoms with Crippen molar-refractivity contribution in [3.05, 3.63) is 28.7 Å². The van der Waals surface area contributed by atoms with E-state index in [1.165, 1.54) is 0 Å². The Bertz CT molecular complexity index is 617. The average molecular weight is 265 g/mol. The van der Waals surface area contributed by atoms with Gasteiger partial charge in [-0.05, 0) is 18.2 Å². The summed E-state index contributed by atoms with van der Waals surface area (Å²) in [4.78, 5) is 25.1. The van der Waals surface area contributed by atoms with Crippen LogP contribution in [0.3, 0.4) is 0 Å². The molecule has 2 aromatic rings. The van der Waals surface area contributed by atoms with Crippen LogP contribution in [0.4, 0.5) is 5.69 Å². The lowest BCUT2D eigenvalue weighted by atomic mass is 10.3. The van der Waals surface area contributed by atoms with E-state index >= 15 is 0 Å². The van der Waals surface area contributed by atoms with Crippen LogP contribution >= 0.6 is 0 Å². The molecule has 1 aromatic heterocycles. The number of H-pyrrole nitrogens is 1. The molecule has 102 valence electrons. The van der Waals surface area contributed by atoms with E-state index in [0.29, 0.717) is 29.9 Å². The number of ether oxygens (including phenoxy) is 1. The SMILES string of the molecule is COCCNCC(=O)Nc1ccc2oc(=O)[nH]c2c1. The predicted molar refractivity (Wildman–Crippen MR) is 70.2 cm³/mol.